The summed E-state index contributed by atoms with van der Waals surface area (Å²) >= 11 is 0. The van der Waals surface area contributed by atoms with Gasteiger partial charge in [-0.2, -0.15) is 5.10 Å². The van der Waals surface area contributed by atoms with Gasteiger partial charge in [0.05, 0.1) is 24.6 Å². The van der Waals surface area contributed by atoms with Gasteiger partial charge in [0.25, 0.3) is 0 Å². The number of nitrogens with zero attached hydrogens (tertiary/aromatic N) is 3. The molecule has 156 valence electrons. The SMILES string of the molecule is Cc1nn(-c2ccccc2)cc1CCCN=C(N)Nc1ccc2c(c1)OCCCO2. The first-order valence-corrected chi connectivity index (χ1v) is 10.3. The van der Waals surface area contributed by atoms with Crippen LogP contribution in [0.4, 0.5) is 5.69 Å². The Morgan fingerprint density at radius 2 is 1.93 bits per heavy atom. The summed E-state index contributed by atoms with van der Waals surface area (Å²) in [6.07, 6.45) is 4.77. The van der Waals surface area contributed by atoms with Crippen molar-refractivity contribution in [2.75, 3.05) is 25.1 Å². The molecule has 1 aliphatic rings. The minimum Gasteiger partial charge on any atom is -0.490 e. The molecule has 3 N–H and O–H groups in total. The van der Waals surface area contributed by atoms with Gasteiger partial charge in [0.15, 0.2) is 17.5 Å². The summed E-state index contributed by atoms with van der Waals surface area (Å²) in [5.41, 5.74) is 10.2. The number of hydrogen-bond acceptors (Lipinski definition) is 4. The molecule has 2 aromatic carbocycles. The maximum Gasteiger partial charge on any atom is 0.193 e. The number of guanidine groups is 1. The lowest BCUT2D eigenvalue weighted by Gasteiger charge is -2.10. The van der Waals surface area contributed by atoms with E-state index in [0.29, 0.717) is 25.7 Å². The average Bonchev–Trinajstić information content (AvgIpc) is 2.97. The van der Waals surface area contributed by atoms with Gasteiger partial charge in [-0.25, -0.2) is 4.68 Å². The fourth-order valence-corrected chi connectivity index (χ4v) is 3.35. The summed E-state index contributed by atoms with van der Waals surface area (Å²) in [4.78, 5) is 4.44. The third kappa shape index (κ3) is 4.92. The summed E-state index contributed by atoms with van der Waals surface area (Å²) < 4.78 is 13.3. The molecule has 30 heavy (non-hydrogen) atoms. The maximum absolute atomic E-state index is 6.05. The number of anilines is 1. The topological polar surface area (TPSA) is 86.7 Å². The lowest BCUT2D eigenvalue weighted by Crippen LogP contribution is -2.22. The van der Waals surface area contributed by atoms with Crippen molar-refractivity contribution in [3.05, 3.63) is 66.0 Å². The zero-order valence-electron chi connectivity index (χ0n) is 17.2. The van der Waals surface area contributed by atoms with Crippen molar-refractivity contribution in [3.63, 3.8) is 0 Å². The summed E-state index contributed by atoms with van der Waals surface area (Å²) in [5, 5.41) is 7.74. The quantitative estimate of drug-likeness (QED) is 0.371. The van der Waals surface area contributed by atoms with Gasteiger partial charge in [-0.1, -0.05) is 18.2 Å². The zero-order valence-corrected chi connectivity index (χ0v) is 17.2. The van der Waals surface area contributed by atoms with E-state index in [0.717, 1.165) is 47.8 Å². The monoisotopic (exact) mass is 405 g/mol. The fraction of sp³-hybridized carbons (Fsp3) is 0.304. The van der Waals surface area contributed by atoms with Crippen LogP contribution < -0.4 is 20.5 Å². The highest BCUT2D eigenvalue weighted by Gasteiger charge is 2.11. The van der Waals surface area contributed by atoms with E-state index in [1.807, 2.05) is 60.1 Å². The molecule has 0 saturated carbocycles. The highest BCUT2D eigenvalue weighted by atomic mass is 16.5. The molecule has 0 saturated heterocycles. The molecule has 0 aliphatic carbocycles. The second kappa shape index (κ2) is 9.35. The largest absolute Gasteiger partial charge is 0.490 e. The van der Waals surface area contributed by atoms with Crippen LogP contribution >= 0.6 is 0 Å². The number of nitrogens with two attached hydrogens (primary N) is 1. The van der Waals surface area contributed by atoms with Gasteiger partial charge in [-0.15, -0.1) is 0 Å². The lowest BCUT2D eigenvalue weighted by molar-refractivity contribution is 0.297. The van der Waals surface area contributed by atoms with Crippen LogP contribution in [0.5, 0.6) is 11.5 Å². The Hall–Kier alpha value is -3.48. The van der Waals surface area contributed by atoms with E-state index in [9.17, 15) is 0 Å². The summed E-state index contributed by atoms with van der Waals surface area (Å²) in [5.74, 6) is 1.89. The molecule has 1 aliphatic heterocycles. The number of aryl methyl sites for hydroxylation is 2. The van der Waals surface area contributed by atoms with Crippen molar-refractivity contribution < 1.29 is 9.47 Å². The van der Waals surface area contributed by atoms with E-state index in [-0.39, 0.29) is 0 Å². The van der Waals surface area contributed by atoms with Crippen molar-refractivity contribution in [1.29, 1.82) is 0 Å². The average molecular weight is 406 g/mol. The number of aromatic nitrogens is 2. The molecule has 0 atom stereocenters. The molecule has 3 aromatic rings. The van der Waals surface area contributed by atoms with E-state index < -0.39 is 0 Å². The minimum absolute atomic E-state index is 0.390. The van der Waals surface area contributed by atoms with Crippen molar-refractivity contribution in [1.82, 2.24) is 9.78 Å². The molecule has 7 nitrogen and oxygen atoms in total. The third-order valence-corrected chi connectivity index (χ3v) is 4.93. The van der Waals surface area contributed by atoms with Gasteiger partial charge in [0.2, 0.25) is 0 Å². The zero-order chi connectivity index (χ0) is 20.8. The number of rotatable bonds is 6. The molecular weight excluding hydrogens is 378 g/mol. The second-order valence-corrected chi connectivity index (χ2v) is 7.23. The molecule has 0 bridgehead atoms. The van der Waals surface area contributed by atoms with Crippen LogP contribution in [0.15, 0.2) is 59.7 Å². The van der Waals surface area contributed by atoms with Crippen LogP contribution in [0.3, 0.4) is 0 Å². The van der Waals surface area contributed by atoms with Crippen LogP contribution in [0.1, 0.15) is 24.1 Å². The molecule has 0 unspecified atom stereocenters. The summed E-state index contributed by atoms with van der Waals surface area (Å²) in [7, 11) is 0. The van der Waals surface area contributed by atoms with E-state index in [1.165, 1.54) is 5.56 Å². The first kappa shape index (κ1) is 19.8. The Bertz CT molecular complexity index is 1010. The maximum atomic E-state index is 6.05. The van der Waals surface area contributed by atoms with Gasteiger partial charge in [0, 0.05) is 30.9 Å². The Balaban J connectivity index is 1.30. The van der Waals surface area contributed by atoms with Crippen molar-refractivity contribution in [2.24, 2.45) is 10.7 Å². The van der Waals surface area contributed by atoms with Crippen LogP contribution in [-0.2, 0) is 6.42 Å². The number of aliphatic imine (C=N–C) groups is 1. The van der Waals surface area contributed by atoms with E-state index >= 15 is 0 Å². The van der Waals surface area contributed by atoms with Crippen molar-refractivity contribution >= 4 is 11.6 Å². The van der Waals surface area contributed by atoms with E-state index in [1.54, 1.807) is 0 Å². The molecule has 0 spiro atoms. The van der Waals surface area contributed by atoms with Gasteiger partial charge >= 0.3 is 0 Å². The highest BCUT2D eigenvalue weighted by Crippen LogP contribution is 2.32. The smallest absolute Gasteiger partial charge is 0.193 e. The lowest BCUT2D eigenvalue weighted by atomic mass is 10.1. The van der Waals surface area contributed by atoms with Crippen LogP contribution in [0.25, 0.3) is 5.69 Å². The number of fused-ring (bicyclic) bond motifs is 1. The van der Waals surface area contributed by atoms with Gasteiger partial charge in [0.1, 0.15) is 0 Å². The molecule has 0 amide bonds. The first-order valence-electron chi connectivity index (χ1n) is 10.3. The van der Waals surface area contributed by atoms with Gasteiger partial charge in [-0.05, 0) is 49.6 Å². The van der Waals surface area contributed by atoms with Crippen LogP contribution in [0.2, 0.25) is 0 Å². The van der Waals surface area contributed by atoms with Gasteiger partial charge < -0.3 is 20.5 Å². The minimum atomic E-state index is 0.390. The van der Waals surface area contributed by atoms with Gasteiger partial charge in [-0.3, -0.25) is 4.99 Å². The summed E-state index contributed by atoms with van der Waals surface area (Å²) in [6, 6.07) is 15.8. The molecule has 1 aromatic heterocycles. The van der Waals surface area contributed by atoms with E-state index in [2.05, 4.69) is 21.6 Å². The second-order valence-electron chi connectivity index (χ2n) is 7.23. The third-order valence-electron chi connectivity index (χ3n) is 4.93. The van der Waals surface area contributed by atoms with Crippen LogP contribution in [-0.4, -0.2) is 35.5 Å². The summed E-state index contributed by atoms with van der Waals surface area (Å²) in [6.45, 7) is 4.00. The molecule has 2 heterocycles. The molecular formula is C23H27N5O2. The molecule has 0 radical (unpaired) electrons. The molecule has 7 heteroatoms. The van der Waals surface area contributed by atoms with Crippen molar-refractivity contribution in [3.8, 4) is 17.2 Å². The predicted molar refractivity (Wildman–Crippen MR) is 119 cm³/mol. The number of benzene rings is 2. The number of hydrogen-bond donors (Lipinski definition) is 2. The number of nitrogens with one attached hydrogen (secondary N) is 1. The van der Waals surface area contributed by atoms with E-state index in [4.69, 9.17) is 15.2 Å². The Labute approximate surface area is 176 Å². The first-order chi connectivity index (χ1) is 14.7. The standard InChI is InChI=1S/C23H27N5O2/c1-17-18(16-28(27-17)20-8-3-2-4-9-20)7-5-12-25-23(24)26-19-10-11-21-22(15-19)30-14-6-13-29-21/h2-4,8-11,15-16H,5-7,12-14H2,1H3,(H3,24,25,26). The van der Waals surface area contributed by atoms with Crippen molar-refractivity contribution in [2.45, 2.75) is 26.2 Å². The van der Waals surface area contributed by atoms with Crippen LogP contribution in [0, 0.1) is 6.92 Å². The fourth-order valence-electron chi connectivity index (χ4n) is 3.35. The normalized spacial score (nSPS) is 13.7. The number of ether oxygens (including phenoxy) is 2. The Morgan fingerprint density at radius 1 is 1.13 bits per heavy atom. The highest BCUT2D eigenvalue weighted by molar-refractivity contribution is 5.92. The molecule has 0 fully saturated rings. The number of para-hydroxylation sites is 1. The Morgan fingerprint density at radius 3 is 2.77 bits per heavy atom. The molecule has 4 rings (SSSR count). The predicted octanol–water partition coefficient (Wildman–Crippen LogP) is 3.70. The Kier molecular flexibility index (Phi) is 6.17.